The van der Waals surface area contributed by atoms with Gasteiger partial charge in [0.2, 0.25) is 0 Å². The van der Waals surface area contributed by atoms with Crippen LogP contribution in [0.25, 0.3) is 0 Å². The van der Waals surface area contributed by atoms with Crippen LogP contribution in [-0.2, 0) is 6.54 Å². The molecule has 0 atom stereocenters. The number of non-ortho nitro benzene ring substituents is 1. The standard InChI is InChI=1S/C12H14N4O2/c1-8-3-4-10(16(17)18)5-11(8)13-6-12-9(2)14-7-15-12/h3-5,7,13H,6H2,1-2H3,(H,14,15). The van der Waals surface area contributed by atoms with Crippen molar-refractivity contribution in [2.75, 3.05) is 5.32 Å². The molecule has 94 valence electrons. The number of H-pyrrole nitrogens is 1. The van der Waals surface area contributed by atoms with E-state index >= 15 is 0 Å². The van der Waals surface area contributed by atoms with Crippen molar-refractivity contribution in [2.45, 2.75) is 20.4 Å². The fourth-order valence-electron chi connectivity index (χ4n) is 1.66. The normalized spacial score (nSPS) is 10.3. The van der Waals surface area contributed by atoms with E-state index in [-0.39, 0.29) is 5.69 Å². The van der Waals surface area contributed by atoms with E-state index in [1.54, 1.807) is 12.4 Å². The highest BCUT2D eigenvalue weighted by Gasteiger charge is 2.09. The molecule has 0 aliphatic heterocycles. The molecule has 0 amide bonds. The highest BCUT2D eigenvalue weighted by molar-refractivity contribution is 5.56. The Morgan fingerprint density at radius 3 is 2.83 bits per heavy atom. The van der Waals surface area contributed by atoms with Crippen molar-refractivity contribution >= 4 is 11.4 Å². The number of nitro benzene ring substituents is 1. The van der Waals surface area contributed by atoms with Gasteiger partial charge in [0.25, 0.3) is 5.69 Å². The van der Waals surface area contributed by atoms with Crippen molar-refractivity contribution in [3.63, 3.8) is 0 Å². The number of nitrogens with one attached hydrogen (secondary N) is 2. The predicted molar refractivity (Wildman–Crippen MR) is 68.5 cm³/mol. The van der Waals surface area contributed by atoms with Crippen LogP contribution < -0.4 is 5.32 Å². The van der Waals surface area contributed by atoms with Gasteiger partial charge in [-0.2, -0.15) is 0 Å². The second-order valence-corrected chi connectivity index (χ2v) is 4.08. The summed E-state index contributed by atoms with van der Waals surface area (Å²) in [5.41, 5.74) is 3.70. The molecule has 2 rings (SSSR count). The van der Waals surface area contributed by atoms with E-state index in [1.807, 2.05) is 13.8 Å². The topological polar surface area (TPSA) is 83.8 Å². The third-order valence-corrected chi connectivity index (χ3v) is 2.81. The molecule has 0 bridgehead atoms. The molecule has 2 N–H and O–H groups in total. The monoisotopic (exact) mass is 246 g/mol. The highest BCUT2D eigenvalue weighted by atomic mass is 16.6. The second kappa shape index (κ2) is 4.87. The van der Waals surface area contributed by atoms with Crippen LogP contribution in [0.4, 0.5) is 11.4 Å². The molecular formula is C12H14N4O2. The van der Waals surface area contributed by atoms with Gasteiger partial charge in [0.05, 0.1) is 23.5 Å². The summed E-state index contributed by atoms with van der Waals surface area (Å²) >= 11 is 0. The molecule has 0 fully saturated rings. The van der Waals surface area contributed by atoms with Crippen molar-refractivity contribution in [3.8, 4) is 0 Å². The van der Waals surface area contributed by atoms with Crippen LogP contribution in [0.3, 0.4) is 0 Å². The van der Waals surface area contributed by atoms with Crippen molar-refractivity contribution in [3.05, 3.63) is 51.6 Å². The third kappa shape index (κ3) is 2.48. The van der Waals surface area contributed by atoms with Gasteiger partial charge in [-0.15, -0.1) is 0 Å². The summed E-state index contributed by atoms with van der Waals surface area (Å²) in [4.78, 5) is 17.5. The van der Waals surface area contributed by atoms with Gasteiger partial charge in [-0.3, -0.25) is 10.1 Å². The molecular weight excluding hydrogens is 232 g/mol. The number of anilines is 1. The number of aromatic amines is 1. The van der Waals surface area contributed by atoms with E-state index in [0.29, 0.717) is 6.54 Å². The Morgan fingerprint density at radius 1 is 1.44 bits per heavy atom. The lowest BCUT2D eigenvalue weighted by Crippen LogP contribution is -2.03. The summed E-state index contributed by atoms with van der Waals surface area (Å²) < 4.78 is 0. The van der Waals surface area contributed by atoms with Gasteiger partial charge in [-0.1, -0.05) is 6.07 Å². The summed E-state index contributed by atoms with van der Waals surface area (Å²) in [6, 6.07) is 4.77. The zero-order valence-electron chi connectivity index (χ0n) is 10.2. The lowest BCUT2D eigenvalue weighted by molar-refractivity contribution is -0.384. The first kappa shape index (κ1) is 12.1. The third-order valence-electron chi connectivity index (χ3n) is 2.81. The minimum absolute atomic E-state index is 0.0850. The first-order chi connectivity index (χ1) is 8.58. The average Bonchev–Trinajstić information content (AvgIpc) is 2.73. The number of nitro groups is 1. The van der Waals surface area contributed by atoms with E-state index in [2.05, 4.69) is 15.3 Å². The summed E-state index contributed by atoms with van der Waals surface area (Å²) in [6.45, 7) is 4.38. The van der Waals surface area contributed by atoms with Crippen molar-refractivity contribution in [1.82, 2.24) is 9.97 Å². The van der Waals surface area contributed by atoms with Crippen LogP contribution >= 0.6 is 0 Å². The maximum atomic E-state index is 10.7. The molecule has 1 heterocycles. The van der Waals surface area contributed by atoms with Crippen molar-refractivity contribution in [1.29, 1.82) is 0 Å². The van der Waals surface area contributed by atoms with Gasteiger partial charge in [-0.05, 0) is 19.4 Å². The van der Waals surface area contributed by atoms with Gasteiger partial charge in [0, 0.05) is 23.5 Å². The minimum atomic E-state index is -0.398. The Labute approximate surface area is 104 Å². The Morgan fingerprint density at radius 2 is 2.22 bits per heavy atom. The fraction of sp³-hybridized carbons (Fsp3) is 0.250. The Hall–Kier alpha value is -2.37. The summed E-state index contributed by atoms with van der Waals surface area (Å²) in [7, 11) is 0. The number of hydrogen-bond acceptors (Lipinski definition) is 4. The molecule has 2 aromatic rings. The quantitative estimate of drug-likeness (QED) is 0.641. The van der Waals surface area contributed by atoms with Crippen molar-refractivity contribution in [2.24, 2.45) is 0 Å². The lowest BCUT2D eigenvalue weighted by Gasteiger charge is -2.08. The fourth-order valence-corrected chi connectivity index (χ4v) is 1.66. The zero-order valence-corrected chi connectivity index (χ0v) is 10.2. The molecule has 0 radical (unpaired) electrons. The number of aryl methyl sites for hydroxylation is 2. The molecule has 0 unspecified atom stereocenters. The lowest BCUT2D eigenvalue weighted by atomic mass is 10.2. The Balaban J connectivity index is 2.16. The van der Waals surface area contributed by atoms with Crippen LogP contribution in [-0.4, -0.2) is 14.9 Å². The molecule has 1 aromatic heterocycles. The number of rotatable bonds is 4. The highest BCUT2D eigenvalue weighted by Crippen LogP contribution is 2.22. The molecule has 0 saturated carbocycles. The number of nitrogens with zero attached hydrogens (tertiary/aromatic N) is 2. The first-order valence-corrected chi connectivity index (χ1v) is 5.55. The van der Waals surface area contributed by atoms with Crippen LogP contribution in [0.1, 0.15) is 17.0 Å². The minimum Gasteiger partial charge on any atom is -0.379 e. The van der Waals surface area contributed by atoms with E-state index in [0.717, 1.165) is 22.6 Å². The smallest absolute Gasteiger partial charge is 0.271 e. The molecule has 0 aliphatic carbocycles. The van der Waals surface area contributed by atoms with Gasteiger partial charge in [-0.25, -0.2) is 4.98 Å². The number of hydrogen-bond donors (Lipinski definition) is 2. The zero-order chi connectivity index (χ0) is 13.1. The SMILES string of the molecule is Cc1ccc([N+](=O)[O-])cc1NCc1nc[nH]c1C. The van der Waals surface area contributed by atoms with E-state index in [1.165, 1.54) is 12.1 Å². The summed E-state index contributed by atoms with van der Waals surface area (Å²) in [6.07, 6.45) is 1.63. The molecule has 1 aromatic carbocycles. The molecule has 0 aliphatic rings. The largest absolute Gasteiger partial charge is 0.379 e. The van der Waals surface area contributed by atoms with Crippen LogP contribution in [0, 0.1) is 24.0 Å². The first-order valence-electron chi connectivity index (χ1n) is 5.55. The van der Waals surface area contributed by atoms with E-state index < -0.39 is 4.92 Å². The van der Waals surface area contributed by atoms with Gasteiger partial charge in [0.15, 0.2) is 0 Å². The molecule has 6 heteroatoms. The molecule has 0 spiro atoms. The predicted octanol–water partition coefficient (Wildman–Crippen LogP) is 2.55. The summed E-state index contributed by atoms with van der Waals surface area (Å²) in [5.74, 6) is 0. The van der Waals surface area contributed by atoms with Gasteiger partial charge in [0.1, 0.15) is 0 Å². The van der Waals surface area contributed by atoms with E-state index in [4.69, 9.17) is 0 Å². The second-order valence-electron chi connectivity index (χ2n) is 4.08. The Bertz CT molecular complexity index is 577. The maximum absolute atomic E-state index is 10.7. The van der Waals surface area contributed by atoms with Gasteiger partial charge >= 0.3 is 0 Å². The van der Waals surface area contributed by atoms with Crippen molar-refractivity contribution < 1.29 is 4.92 Å². The van der Waals surface area contributed by atoms with Crippen LogP contribution in [0.15, 0.2) is 24.5 Å². The molecule has 18 heavy (non-hydrogen) atoms. The van der Waals surface area contributed by atoms with Gasteiger partial charge < -0.3 is 10.3 Å². The Kier molecular flexibility index (Phi) is 3.27. The molecule has 6 nitrogen and oxygen atoms in total. The number of benzene rings is 1. The van der Waals surface area contributed by atoms with Crippen LogP contribution in [0.2, 0.25) is 0 Å². The van der Waals surface area contributed by atoms with E-state index in [9.17, 15) is 10.1 Å². The number of imidazole rings is 1. The summed E-state index contributed by atoms with van der Waals surface area (Å²) in [5, 5.41) is 13.9. The number of aromatic nitrogens is 2. The maximum Gasteiger partial charge on any atom is 0.271 e. The average molecular weight is 246 g/mol. The van der Waals surface area contributed by atoms with Crippen LogP contribution in [0.5, 0.6) is 0 Å². The molecule has 0 saturated heterocycles.